The Morgan fingerprint density at radius 2 is 1.79 bits per heavy atom. The van der Waals surface area contributed by atoms with Gasteiger partial charge in [0.25, 0.3) is 0 Å². The fraction of sp³-hybridized carbons (Fsp3) is 0.208. The molecule has 0 aliphatic carbocycles. The van der Waals surface area contributed by atoms with Crippen molar-refractivity contribution < 1.29 is 28.1 Å². The predicted molar refractivity (Wildman–Crippen MR) is 133 cm³/mol. The first kappa shape index (κ1) is 23.6. The molecule has 9 nitrogen and oxygen atoms in total. The third-order valence-corrected chi connectivity index (χ3v) is 5.69. The third-order valence-electron chi connectivity index (χ3n) is 5.08. The van der Waals surface area contributed by atoms with Crippen LogP contribution in [0.2, 0.25) is 0 Å². The topological polar surface area (TPSA) is 130 Å². The number of aromatic nitrogens is 1. The summed E-state index contributed by atoms with van der Waals surface area (Å²) in [6, 6.07) is 18.1. The normalized spacial score (nSPS) is 12.5. The smallest absolute Gasteiger partial charge is 0.229 e. The number of rotatable bonds is 9. The number of nitrogens with one attached hydrogen (secondary N) is 2. The summed E-state index contributed by atoms with van der Waals surface area (Å²) in [7, 11) is -1.93. The highest BCUT2D eigenvalue weighted by Gasteiger charge is 2.16. The second-order valence-corrected chi connectivity index (χ2v) is 9.47. The molecule has 178 valence electrons. The summed E-state index contributed by atoms with van der Waals surface area (Å²) in [5.74, 6) is 0.916. The summed E-state index contributed by atoms with van der Waals surface area (Å²) >= 11 is 0. The molecule has 0 aliphatic rings. The average Bonchev–Trinajstić information content (AvgIpc) is 2.82. The SMILES string of the molecule is COc1cc(NS(C)(=O)=O)ccc1Nc1c2ccccc2nc2c(OCC(O)CO)cccc12. The molecule has 0 fully saturated rings. The molecule has 1 aromatic heterocycles. The van der Waals surface area contributed by atoms with E-state index >= 15 is 0 Å². The predicted octanol–water partition coefficient (Wildman–Crippen LogP) is 3.24. The van der Waals surface area contributed by atoms with Gasteiger partial charge in [0.2, 0.25) is 10.0 Å². The Balaban J connectivity index is 1.83. The first-order chi connectivity index (χ1) is 16.3. The van der Waals surface area contributed by atoms with E-state index in [0.29, 0.717) is 28.4 Å². The maximum absolute atomic E-state index is 11.6. The Morgan fingerprint density at radius 1 is 1.03 bits per heavy atom. The van der Waals surface area contributed by atoms with E-state index in [2.05, 4.69) is 10.0 Å². The van der Waals surface area contributed by atoms with E-state index in [4.69, 9.17) is 19.6 Å². The lowest BCUT2D eigenvalue weighted by Gasteiger charge is -2.18. The number of ether oxygens (including phenoxy) is 2. The minimum atomic E-state index is -3.43. The van der Waals surface area contributed by atoms with Crippen LogP contribution in [-0.4, -0.2) is 56.3 Å². The maximum atomic E-state index is 11.6. The van der Waals surface area contributed by atoms with E-state index in [0.717, 1.165) is 28.2 Å². The second kappa shape index (κ2) is 9.72. The number of hydrogen-bond donors (Lipinski definition) is 4. The molecule has 0 radical (unpaired) electrons. The van der Waals surface area contributed by atoms with Gasteiger partial charge in [0.15, 0.2) is 0 Å². The molecule has 0 bridgehead atoms. The van der Waals surface area contributed by atoms with Crippen LogP contribution in [0.4, 0.5) is 17.1 Å². The summed E-state index contributed by atoms with van der Waals surface area (Å²) in [6.45, 7) is -0.479. The Labute approximate surface area is 197 Å². The number of hydrogen-bond acceptors (Lipinski definition) is 8. The van der Waals surface area contributed by atoms with Gasteiger partial charge >= 0.3 is 0 Å². The number of fused-ring (bicyclic) bond motifs is 2. The monoisotopic (exact) mass is 483 g/mol. The molecule has 4 N–H and O–H groups in total. The van der Waals surface area contributed by atoms with E-state index in [9.17, 15) is 13.5 Å². The van der Waals surface area contributed by atoms with Crippen LogP contribution in [0.15, 0.2) is 60.7 Å². The van der Waals surface area contributed by atoms with E-state index in [1.165, 1.54) is 7.11 Å². The van der Waals surface area contributed by atoms with E-state index in [1.807, 2.05) is 36.4 Å². The van der Waals surface area contributed by atoms with Crippen molar-refractivity contribution in [3.63, 3.8) is 0 Å². The van der Waals surface area contributed by atoms with Crippen LogP contribution in [0, 0.1) is 0 Å². The first-order valence-corrected chi connectivity index (χ1v) is 12.3. The minimum absolute atomic E-state index is 0.0739. The standard InChI is InChI=1S/C24H25N3O6S/c1-32-22-12-15(27-34(2,30)31)10-11-20(22)26-23-17-6-3-4-8-19(17)25-24-18(23)7-5-9-21(24)33-14-16(29)13-28/h3-12,16,27-29H,13-14H2,1-2H3,(H,25,26). The number of benzene rings is 3. The minimum Gasteiger partial charge on any atom is -0.494 e. The maximum Gasteiger partial charge on any atom is 0.229 e. The summed E-state index contributed by atoms with van der Waals surface area (Å²) in [6.07, 6.45) is 0.0803. The number of aliphatic hydroxyl groups is 2. The summed E-state index contributed by atoms with van der Waals surface area (Å²) in [4.78, 5) is 4.76. The highest BCUT2D eigenvalue weighted by atomic mass is 32.2. The molecule has 0 amide bonds. The lowest BCUT2D eigenvalue weighted by atomic mass is 10.1. The largest absolute Gasteiger partial charge is 0.494 e. The number of methoxy groups -OCH3 is 1. The van der Waals surface area contributed by atoms with Gasteiger partial charge in [-0.2, -0.15) is 0 Å². The van der Waals surface area contributed by atoms with E-state index in [-0.39, 0.29) is 6.61 Å². The third kappa shape index (κ3) is 5.14. The van der Waals surface area contributed by atoms with Gasteiger partial charge in [-0.15, -0.1) is 0 Å². The second-order valence-electron chi connectivity index (χ2n) is 7.72. The molecular formula is C24H25N3O6S. The molecular weight excluding hydrogens is 458 g/mol. The highest BCUT2D eigenvalue weighted by molar-refractivity contribution is 7.92. The number of nitrogens with zero attached hydrogens (tertiary/aromatic N) is 1. The van der Waals surface area contributed by atoms with Gasteiger partial charge in [0.1, 0.15) is 29.7 Å². The Kier molecular flexibility index (Phi) is 6.73. The van der Waals surface area contributed by atoms with Gasteiger partial charge in [-0.05, 0) is 24.3 Å². The average molecular weight is 484 g/mol. The number of sulfonamides is 1. The first-order valence-electron chi connectivity index (χ1n) is 10.4. The molecule has 34 heavy (non-hydrogen) atoms. The summed E-state index contributed by atoms with van der Waals surface area (Å²) < 4.78 is 36.9. The molecule has 4 rings (SSSR count). The highest BCUT2D eigenvalue weighted by Crippen LogP contribution is 2.39. The number of pyridine rings is 1. The molecule has 1 atom stereocenters. The van der Waals surface area contributed by atoms with Gasteiger partial charge < -0.3 is 25.0 Å². The summed E-state index contributed by atoms with van der Waals surface area (Å²) in [5, 5.41) is 23.9. The Hall–Kier alpha value is -3.60. The van der Waals surface area contributed by atoms with Crippen molar-refractivity contribution in [3.05, 3.63) is 60.7 Å². The van der Waals surface area contributed by atoms with Gasteiger partial charge in [-0.1, -0.05) is 30.3 Å². The van der Waals surface area contributed by atoms with Crippen molar-refractivity contribution in [2.75, 3.05) is 36.6 Å². The van der Waals surface area contributed by atoms with Crippen LogP contribution >= 0.6 is 0 Å². The van der Waals surface area contributed by atoms with Crippen molar-refractivity contribution in [1.82, 2.24) is 4.98 Å². The quantitative estimate of drug-likeness (QED) is 0.267. The summed E-state index contributed by atoms with van der Waals surface area (Å²) in [5.41, 5.74) is 3.08. The number of aliphatic hydroxyl groups excluding tert-OH is 2. The Morgan fingerprint density at radius 3 is 2.53 bits per heavy atom. The molecule has 0 saturated carbocycles. The van der Waals surface area contributed by atoms with Crippen LogP contribution in [0.5, 0.6) is 11.5 Å². The zero-order valence-corrected chi connectivity index (χ0v) is 19.5. The van der Waals surface area contributed by atoms with Crippen molar-refractivity contribution in [1.29, 1.82) is 0 Å². The molecule has 4 aromatic rings. The zero-order chi connectivity index (χ0) is 24.3. The molecule has 10 heteroatoms. The van der Waals surface area contributed by atoms with Crippen LogP contribution < -0.4 is 19.5 Å². The molecule has 0 aliphatic heterocycles. The van der Waals surface area contributed by atoms with Crippen LogP contribution in [0.3, 0.4) is 0 Å². The van der Waals surface area contributed by atoms with Gasteiger partial charge in [-0.25, -0.2) is 13.4 Å². The van der Waals surface area contributed by atoms with Crippen LogP contribution in [0.1, 0.15) is 0 Å². The van der Waals surface area contributed by atoms with Crippen molar-refractivity contribution in [2.45, 2.75) is 6.10 Å². The fourth-order valence-electron chi connectivity index (χ4n) is 3.58. The van der Waals surface area contributed by atoms with Crippen LogP contribution in [0.25, 0.3) is 21.8 Å². The van der Waals surface area contributed by atoms with E-state index < -0.39 is 22.7 Å². The number of para-hydroxylation sites is 2. The Bertz CT molecular complexity index is 1440. The fourth-order valence-corrected chi connectivity index (χ4v) is 4.14. The molecule has 0 spiro atoms. The van der Waals surface area contributed by atoms with Crippen molar-refractivity contribution >= 4 is 48.9 Å². The number of anilines is 3. The van der Waals surface area contributed by atoms with Crippen molar-refractivity contribution in [3.8, 4) is 11.5 Å². The lowest BCUT2D eigenvalue weighted by molar-refractivity contribution is 0.0540. The molecule has 3 aromatic carbocycles. The van der Waals surface area contributed by atoms with Crippen LogP contribution in [-0.2, 0) is 10.0 Å². The van der Waals surface area contributed by atoms with Crippen molar-refractivity contribution in [2.24, 2.45) is 0 Å². The lowest BCUT2D eigenvalue weighted by Crippen LogP contribution is -2.21. The zero-order valence-electron chi connectivity index (χ0n) is 18.6. The molecule has 1 heterocycles. The van der Waals surface area contributed by atoms with Gasteiger partial charge in [0, 0.05) is 16.8 Å². The molecule has 1 unspecified atom stereocenters. The van der Waals surface area contributed by atoms with E-state index in [1.54, 1.807) is 24.3 Å². The van der Waals surface area contributed by atoms with Gasteiger partial charge in [0.05, 0.1) is 42.6 Å². The molecule has 0 saturated heterocycles. The van der Waals surface area contributed by atoms with Gasteiger partial charge in [-0.3, -0.25) is 4.72 Å².